The van der Waals surface area contributed by atoms with Gasteiger partial charge in [0.05, 0.1) is 0 Å². The molecule has 1 aromatic rings. The quantitative estimate of drug-likeness (QED) is 0.813. The molecular formula is C16H21O5P. The second-order valence-corrected chi connectivity index (χ2v) is 8.50. The molecule has 2 unspecified atom stereocenters. The zero-order valence-electron chi connectivity index (χ0n) is 12.8. The first-order chi connectivity index (χ1) is 10.2. The van der Waals surface area contributed by atoms with E-state index in [1.54, 1.807) is 6.07 Å². The van der Waals surface area contributed by atoms with Gasteiger partial charge >= 0.3 is 7.82 Å². The van der Waals surface area contributed by atoms with Crippen LogP contribution in [0.1, 0.15) is 68.1 Å². The van der Waals surface area contributed by atoms with Crippen LogP contribution in [0.4, 0.5) is 0 Å². The van der Waals surface area contributed by atoms with E-state index in [4.69, 9.17) is 9.26 Å². The molecule has 3 aliphatic rings. The fourth-order valence-corrected chi connectivity index (χ4v) is 4.74. The number of hydrogen-bond donors (Lipinski definition) is 2. The van der Waals surface area contributed by atoms with Gasteiger partial charge in [0.2, 0.25) is 0 Å². The number of benzene rings is 1. The molecule has 0 aromatic heterocycles. The number of phosphoric acid groups is 1. The lowest BCUT2D eigenvalue weighted by Crippen LogP contribution is -2.33. The average Bonchev–Trinajstić information content (AvgIpc) is 2.98. The van der Waals surface area contributed by atoms with Crippen LogP contribution in [0, 0.1) is 0 Å². The first-order valence-corrected chi connectivity index (χ1v) is 9.40. The van der Waals surface area contributed by atoms with Gasteiger partial charge in [0.25, 0.3) is 0 Å². The summed E-state index contributed by atoms with van der Waals surface area (Å²) >= 11 is 0. The fraction of sp³-hybridized carbons (Fsp3) is 0.625. The molecule has 1 aromatic carbocycles. The highest BCUT2D eigenvalue weighted by Gasteiger charge is 2.44. The Bertz CT molecular complexity index is 690. The predicted octanol–water partition coefficient (Wildman–Crippen LogP) is 3.63. The number of hydrogen-bond acceptors (Lipinski definition) is 3. The molecule has 1 aliphatic heterocycles. The molecule has 1 heterocycles. The summed E-state index contributed by atoms with van der Waals surface area (Å²) in [4.78, 5) is 18.4. The number of aryl methyl sites for hydroxylation is 1. The zero-order chi connectivity index (χ0) is 15.7. The first kappa shape index (κ1) is 14.6. The van der Waals surface area contributed by atoms with Crippen molar-refractivity contribution in [2.75, 3.05) is 0 Å². The summed E-state index contributed by atoms with van der Waals surface area (Å²) in [7, 11) is -4.54. The highest BCUT2D eigenvalue weighted by Crippen LogP contribution is 2.61. The molecule has 0 saturated heterocycles. The molecule has 120 valence electrons. The molecule has 2 aliphatic carbocycles. The van der Waals surface area contributed by atoms with Gasteiger partial charge in [0, 0.05) is 11.1 Å². The van der Waals surface area contributed by atoms with Crippen molar-refractivity contribution in [2.45, 2.75) is 63.4 Å². The van der Waals surface area contributed by atoms with E-state index in [1.165, 1.54) is 0 Å². The summed E-state index contributed by atoms with van der Waals surface area (Å²) in [6.45, 7) is 4.19. The minimum absolute atomic E-state index is 0.186. The van der Waals surface area contributed by atoms with E-state index in [1.807, 2.05) is 0 Å². The maximum atomic E-state index is 11.3. The van der Waals surface area contributed by atoms with Crippen LogP contribution in [0.15, 0.2) is 6.07 Å². The van der Waals surface area contributed by atoms with Crippen molar-refractivity contribution < 1.29 is 23.6 Å². The summed E-state index contributed by atoms with van der Waals surface area (Å²) in [6, 6.07) is 1.79. The monoisotopic (exact) mass is 324 g/mol. The summed E-state index contributed by atoms with van der Waals surface area (Å²) < 4.78 is 22.6. The standard InChI is InChI=1S/C16H21O5P/c1-16(2)6-5-11-8-12(21-22(17,18)19)13-9-3-4-10(7-9)14(13)15(11)20-16/h8-10H,3-7H2,1-2H3,(H2,17,18,19). The maximum absolute atomic E-state index is 11.3. The van der Waals surface area contributed by atoms with Gasteiger partial charge in [-0.2, -0.15) is 0 Å². The van der Waals surface area contributed by atoms with E-state index in [-0.39, 0.29) is 5.60 Å². The lowest BCUT2D eigenvalue weighted by Gasteiger charge is -2.36. The van der Waals surface area contributed by atoms with Crippen LogP contribution in [0.2, 0.25) is 0 Å². The molecule has 2 bridgehead atoms. The van der Waals surface area contributed by atoms with Gasteiger partial charge in [0.15, 0.2) is 0 Å². The van der Waals surface area contributed by atoms with Crippen LogP contribution >= 0.6 is 7.82 Å². The van der Waals surface area contributed by atoms with Crippen molar-refractivity contribution in [2.24, 2.45) is 0 Å². The normalized spacial score (nSPS) is 28.0. The summed E-state index contributed by atoms with van der Waals surface area (Å²) in [6.07, 6.45) is 4.99. The molecule has 5 nitrogen and oxygen atoms in total. The van der Waals surface area contributed by atoms with E-state index in [0.717, 1.165) is 54.5 Å². The highest BCUT2D eigenvalue weighted by molar-refractivity contribution is 7.46. The molecule has 22 heavy (non-hydrogen) atoms. The number of ether oxygens (including phenoxy) is 1. The minimum atomic E-state index is -4.54. The van der Waals surface area contributed by atoms with Crippen molar-refractivity contribution in [1.82, 2.24) is 0 Å². The lowest BCUT2D eigenvalue weighted by atomic mass is 9.85. The Kier molecular flexibility index (Phi) is 2.98. The van der Waals surface area contributed by atoms with Crippen LogP contribution in [0.5, 0.6) is 11.5 Å². The Morgan fingerprint density at radius 2 is 1.95 bits per heavy atom. The molecule has 1 saturated carbocycles. The van der Waals surface area contributed by atoms with E-state index >= 15 is 0 Å². The number of rotatable bonds is 2. The molecule has 2 atom stereocenters. The largest absolute Gasteiger partial charge is 0.524 e. The Morgan fingerprint density at radius 3 is 2.64 bits per heavy atom. The molecule has 0 amide bonds. The molecule has 1 fully saturated rings. The van der Waals surface area contributed by atoms with Crippen molar-refractivity contribution >= 4 is 7.82 Å². The third-order valence-electron chi connectivity index (χ3n) is 5.24. The van der Waals surface area contributed by atoms with Crippen LogP contribution in [0.3, 0.4) is 0 Å². The van der Waals surface area contributed by atoms with E-state index < -0.39 is 7.82 Å². The van der Waals surface area contributed by atoms with Crippen molar-refractivity contribution in [3.8, 4) is 11.5 Å². The Morgan fingerprint density at radius 1 is 1.27 bits per heavy atom. The van der Waals surface area contributed by atoms with E-state index in [2.05, 4.69) is 13.8 Å². The maximum Gasteiger partial charge on any atom is 0.524 e. The summed E-state index contributed by atoms with van der Waals surface area (Å²) in [5, 5.41) is 0. The molecular weight excluding hydrogens is 303 g/mol. The Balaban J connectivity index is 1.89. The van der Waals surface area contributed by atoms with Gasteiger partial charge < -0.3 is 9.26 Å². The first-order valence-electron chi connectivity index (χ1n) is 7.87. The zero-order valence-corrected chi connectivity index (χ0v) is 13.7. The molecule has 4 rings (SSSR count). The van der Waals surface area contributed by atoms with Crippen molar-refractivity contribution in [3.63, 3.8) is 0 Å². The molecule has 0 spiro atoms. The highest BCUT2D eigenvalue weighted by atomic mass is 31.2. The van der Waals surface area contributed by atoms with Gasteiger partial charge in [-0.15, -0.1) is 0 Å². The predicted molar refractivity (Wildman–Crippen MR) is 81.5 cm³/mol. The van der Waals surface area contributed by atoms with Gasteiger partial charge in [-0.05, 0) is 69.4 Å². The summed E-state index contributed by atoms with van der Waals surface area (Å²) in [5.74, 6) is 2.12. The van der Waals surface area contributed by atoms with E-state index in [9.17, 15) is 14.4 Å². The molecule has 6 heteroatoms. The smallest absolute Gasteiger partial charge is 0.487 e. The lowest BCUT2D eigenvalue weighted by molar-refractivity contribution is 0.0826. The topological polar surface area (TPSA) is 76.0 Å². The number of fused-ring (bicyclic) bond motifs is 7. The Hall–Kier alpha value is -1.03. The van der Waals surface area contributed by atoms with Gasteiger partial charge in [-0.25, -0.2) is 4.57 Å². The third kappa shape index (κ3) is 2.27. The van der Waals surface area contributed by atoms with Crippen LogP contribution in [-0.4, -0.2) is 15.4 Å². The molecule has 2 N–H and O–H groups in total. The average molecular weight is 324 g/mol. The minimum Gasteiger partial charge on any atom is -0.487 e. The summed E-state index contributed by atoms with van der Waals surface area (Å²) in [5.41, 5.74) is 2.98. The van der Waals surface area contributed by atoms with Crippen LogP contribution in [-0.2, 0) is 11.0 Å². The molecule has 0 radical (unpaired) electrons. The number of phosphoric ester groups is 1. The van der Waals surface area contributed by atoms with Crippen molar-refractivity contribution in [1.29, 1.82) is 0 Å². The van der Waals surface area contributed by atoms with Gasteiger partial charge in [-0.3, -0.25) is 9.79 Å². The second kappa shape index (κ2) is 4.50. The third-order valence-corrected chi connectivity index (χ3v) is 5.67. The Labute approximate surface area is 129 Å². The van der Waals surface area contributed by atoms with Crippen LogP contribution in [0.25, 0.3) is 0 Å². The van der Waals surface area contributed by atoms with Crippen LogP contribution < -0.4 is 9.26 Å². The fourth-order valence-electron chi connectivity index (χ4n) is 4.33. The van der Waals surface area contributed by atoms with Crippen molar-refractivity contribution in [3.05, 3.63) is 22.8 Å². The van der Waals surface area contributed by atoms with Gasteiger partial charge in [0.1, 0.15) is 17.1 Å². The SMILES string of the molecule is CC1(C)CCc2cc(OP(=O)(O)O)c3c(c2O1)C1CCC3C1. The van der Waals surface area contributed by atoms with E-state index in [0.29, 0.717) is 17.6 Å². The van der Waals surface area contributed by atoms with Gasteiger partial charge in [-0.1, -0.05) is 0 Å². The second-order valence-electron chi connectivity index (χ2n) is 7.34.